The van der Waals surface area contributed by atoms with Crippen LogP contribution in [0.3, 0.4) is 0 Å². The van der Waals surface area contributed by atoms with Gasteiger partial charge in [-0.25, -0.2) is 4.99 Å². The average Bonchev–Trinajstić information content (AvgIpc) is 3.04. The van der Waals surface area contributed by atoms with E-state index >= 15 is 0 Å². The lowest BCUT2D eigenvalue weighted by Crippen LogP contribution is -2.38. The molecule has 0 spiro atoms. The van der Waals surface area contributed by atoms with E-state index in [2.05, 4.69) is 39.3 Å². The molecule has 0 radical (unpaired) electrons. The summed E-state index contributed by atoms with van der Waals surface area (Å²) in [5.74, 6) is 0.682. The highest BCUT2D eigenvalue weighted by Crippen LogP contribution is 2.16. The topological polar surface area (TPSA) is 85.8 Å². The molecule has 1 heterocycles. The van der Waals surface area contributed by atoms with E-state index in [0.29, 0.717) is 25.2 Å². The predicted octanol–water partition coefficient (Wildman–Crippen LogP) is 2.64. The number of guanidine groups is 1. The van der Waals surface area contributed by atoms with Crippen LogP contribution in [0.1, 0.15) is 34.1 Å². The van der Waals surface area contributed by atoms with E-state index in [0.717, 1.165) is 18.9 Å². The van der Waals surface area contributed by atoms with Crippen LogP contribution < -0.4 is 16.0 Å². The average molecular weight is 375 g/mol. The van der Waals surface area contributed by atoms with Gasteiger partial charge in [0.25, 0.3) is 5.91 Å². The molecule has 140 valence electrons. The molecule has 0 saturated heterocycles. The van der Waals surface area contributed by atoms with Crippen LogP contribution in [-0.2, 0) is 6.54 Å². The molecule has 1 aromatic carbocycles. The summed E-state index contributed by atoms with van der Waals surface area (Å²) in [5, 5.41) is 20.8. The number of nitrogens with one attached hydrogen (secondary N) is 3. The Morgan fingerprint density at radius 3 is 2.69 bits per heavy atom. The lowest BCUT2D eigenvalue weighted by molar-refractivity contribution is 0.0953. The third kappa shape index (κ3) is 6.40. The zero-order valence-electron chi connectivity index (χ0n) is 15.2. The Kier molecular flexibility index (Phi) is 7.95. The number of aryl methyl sites for hydroxylation is 1. The molecule has 0 aliphatic carbocycles. The molecule has 0 aliphatic rings. The highest BCUT2D eigenvalue weighted by molar-refractivity contribution is 7.10. The Morgan fingerprint density at radius 2 is 2.00 bits per heavy atom. The molecule has 7 heteroatoms. The van der Waals surface area contributed by atoms with Crippen molar-refractivity contribution in [3.05, 3.63) is 51.7 Å². The highest BCUT2D eigenvalue weighted by atomic mass is 32.1. The van der Waals surface area contributed by atoms with Crippen LogP contribution in [0.15, 0.2) is 40.7 Å². The van der Waals surface area contributed by atoms with E-state index in [1.54, 1.807) is 29.5 Å². The molecular formula is C19H26N4O2S. The van der Waals surface area contributed by atoms with Gasteiger partial charge in [0.15, 0.2) is 5.96 Å². The molecular weight excluding hydrogens is 348 g/mol. The van der Waals surface area contributed by atoms with Crippen LogP contribution >= 0.6 is 11.3 Å². The van der Waals surface area contributed by atoms with Crippen LogP contribution in [0, 0.1) is 6.92 Å². The second kappa shape index (κ2) is 10.5. The first-order valence-corrected chi connectivity index (χ1v) is 9.60. The van der Waals surface area contributed by atoms with Crippen LogP contribution in [0.4, 0.5) is 0 Å². The van der Waals surface area contributed by atoms with E-state index < -0.39 is 0 Å². The normalized spacial score (nSPS) is 11.2. The Morgan fingerprint density at radius 1 is 1.19 bits per heavy atom. The molecule has 2 aromatic rings. The Hall–Kier alpha value is -2.54. The molecule has 0 saturated carbocycles. The zero-order chi connectivity index (χ0) is 18.8. The number of amides is 1. The van der Waals surface area contributed by atoms with Gasteiger partial charge < -0.3 is 21.1 Å². The minimum atomic E-state index is -0.186. The monoisotopic (exact) mass is 374 g/mol. The zero-order valence-corrected chi connectivity index (χ0v) is 16.0. The van der Waals surface area contributed by atoms with Gasteiger partial charge in [-0.15, -0.1) is 11.3 Å². The highest BCUT2D eigenvalue weighted by Gasteiger charge is 2.05. The Balaban J connectivity index is 1.72. The van der Waals surface area contributed by atoms with Crippen molar-refractivity contribution in [2.24, 2.45) is 4.99 Å². The largest absolute Gasteiger partial charge is 0.508 e. The first-order chi connectivity index (χ1) is 12.6. The summed E-state index contributed by atoms with van der Waals surface area (Å²) in [5.41, 5.74) is 1.73. The van der Waals surface area contributed by atoms with Gasteiger partial charge in [-0.05, 0) is 55.5 Å². The van der Waals surface area contributed by atoms with Crippen molar-refractivity contribution < 1.29 is 9.90 Å². The van der Waals surface area contributed by atoms with Gasteiger partial charge in [0.2, 0.25) is 0 Å². The number of aliphatic imine (C=N–C) groups is 1. The molecule has 1 amide bonds. The number of carbonyl (C=O) groups is 1. The van der Waals surface area contributed by atoms with Crippen molar-refractivity contribution in [2.45, 2.75) is 26.8 Å². The molecule has 26 heavy (non-hydrogen) atoms. The molecule has 6 nitrogen and oxygen atoms in total. The molecule has 0 unspecified atom stereocenters. The number of hydrogen-bond acceptors (Lipinski definition) is 4. The third-order valence-electron chi connectivity index (χ3n) is 3.73. The quantitative estimate of drug-likeness (QED) is 0.325. The number of thiophene rings is 1. The van der Waals surface area contributed by atoms with Gasteiger partial charge in [-0.3, -0.25) is 4.79 Å². The first-order valence-electron chi connectivity index (χ1n) is 8.72. The molecule has 0 aliphatic heterocycles. The van der Waals surface area contributed by atoms with Crippen molar-refractivity contribution in [1.82, 2.24) is 16.0 Å². The minimum Gasteiger partial charge on any atom is -0.508 e. The SMILES string of the molecule is CCNC(=NCc1sccc1C)NCCCNC(=O)c1cccc(O)c1. The van der Waals surface area contributed by atoms with E-state index in [9.17, 15) is 9.90 Å². The van der Waals surface area contributed by atoms with Gasteiger partial charge in [0.1, 0.15) is 5.75 Å². The van der Waals surface area contributed by atoms with E-state index in [4.69, 9.17) is 0 Å². The van der Waals surface area contributed by atoms with E-state index in [1.165, 1.54) is 16.5 Å². The second-order valence-corrected chi connectivity index (χ2v) is 6.81. The fourth-order valence-corrected chi connectivity index (χ4v) is 3.13. The second-order valence-electron chi connectivity index (χ2n) is 5.81. The van der Waals surface area contributed by atoms with Gasteiger partial charge in [0, 0.05) is 30.1 Å². The summed E-state index contributed by atoms with van der Waals surface area (Å²) < 4.78 is 0. The van der Waals surface area contributed by atoms with Crippen LogP contribution in [0.2, 0.25) is 0 Å². The number of nitrogens with zero attached hydrogens (tertiary/aromatic N) is 1. The number of carbonyl (C=O) groups excluding carboxylic acids is 1. The Labute approximate surface area is 158 Å². The maximum Gasteiger partial charge on any atom is 0.251 e. The minimum absolute atomic E-state index is 0.0896. The molecule has 1 aromatic heterocycles. The van der Waals surface area contributed by atoms with E-state index in [1.807, 2.05) is 6.92 Å². The Bertz CT molecular complexity index is 743. The van der Waals surface area contributed by atoms with Crippen LogP contribution in [-0.4, -0.2) is 36.6 Å². The molecule has 0 fully saturated rings. The van der Waals surface area contributed by atoms with Crippen molar-refractivity contribution in [1.29, 1.82) is 0 Å². The van der Waals surface area contributed by atoms with Gasteiger partial charge in [-0.1, -0.05) is 6.07 Å². The molecule has 4 N–H and O–H groups in total. The smallest absolute Gasteiger partial charge is 0.251 e. The lowest BCUT2D eigenvalue weighted by Gasteiger charge is -2.11. The summed E-state index contributed by atoms with van der Waals surface area (Å²) in [7, 11) is 0. The van der Waals surface area contributed by atoms with Crippen molar-refractivity contribution in [3.8, 4) is 5.75 Å². The summed E-state index contributed by atoms with van der Waals surface area (Å²) >= 11 is 1.72. The van der Waals surface area contributed by atoms with Gasteiger partial charge >= 0.3 is 0 Å². The fraction of sp³-hybridized carbons (Fsp3) is 0.368. The molecule has 0 atom stereocenters. The summed E-state index contributed by atoms with van der Waals surface area (Å²) in [6.07, 6.45) is 0.771. The number of phenols is 1. The van der Waals surface area contributed by atoms with Crippen molar-refractivity contribution in [2.75, 3.05) is 19.6 Å². The van der Waals surface area contributed by atoms with Gasteiger partial charge in [-0.2, -0.15) is 0 Å². The summed E-state index contributed by atoms with van der Waals surface area (Å²) in [6.45, 7) is 6.83. The number of rotatable bonds is 8. The van der Waals surface area contributed by atoms with E-state index in [-0.39, 0.29) is 11.7 Å². The fourth-order valence-electron chi connectivity index (χ4n) is 2.30. The number of aromatic hydroxyl groups is 1. The first kappa shape index (κ1) is 19.8. The maximum atomic E-state index is 12.0. The van der Waals surface area contributed by atoms with Crippen molar-refractivity contribution in [3.63, 3.8) is 0 Å². The van der Waals surface area contributed by atoms with Crippen molar-refractivity contribution >= 4 is 23.2 Å². The van der Waals surface area contributed by atoms with Crippen LogP contribution in [0.5, 0.6) is 5.75 Å². The number of benzene rings is 1. The molecule has 0 bridgehead atoms. The summed E-state index contributed by atoms with van der Waals surface area (Å²) in [4.78, 5) is 17.8. The predicted molar refractivity (Wildman–Crippen MR) is 107 cm³/mol. The number of hydrogen-bond donors (Lipinski definition) is 4. The van der Waals surface area contributed by atoms with Gasteiger partial charge in [0.05, 0.1) is 6.54 Å². The lowest BCUT2D eigenvalue weighted by atomic mass is 10.2. The summed E-state index contributed by atoms with van der Waals surface area (Å²) in [6, 6.07) is 8.43. The third-order valence-corrected chi connectivity index (χ3v) is 4.74. The standard InChI is InChI=1S/C19H26N4O2S/c1-3-20-19(23-13-17-14(2)8-11-26-17)22-10-5-9-21-18(25)15-6-4-7-16(24)12-15/h4,6-8,11-12,24H,3,5,9-10,13H2,1-2H3,(H,21,25)(H2,20,22,23). The van der Waals surface area contributed by atoms with Crippen LogP contribution in [0.25, 0.3) is 0 Å². The number of phenolic OH excluding ortho intramolecular Hbond substituents is 1. The molecule has 2 rings (SSSR count). The maximum absolute atomic E-state index is 12.0.